The molecule has 0 aromatic rings. The van der Waals surface area contributed by atoms with E-state index in [0.717, 1.165) is 0 Å². The summed E-state index contributed by atoms with van der Waals surface area (Å²) < 4.78 is 0. The van der Waals surface area contributed by atoms with Crippen molar-refractivity contribution in [1.82, 2.24) is 16.0 Å². The predicted molar refractivity (Wildman–Crippen MR) is 124 cm³/mol. The van der Waals surface area contributed by atoms with Crippen LogP contribution in [0.25, 0.3) is 0 Å². The van der Waals surface area contributed by atoms with Crippen LogP contribution in [-0.4, -0.2) is 87.7 Å². The highest BCUT2D eigenvalue weighted by molar-refractivity contribution is 7.98. The second-order valence-electron chi connectivity index (χ2n) is 7.03. The summed E-state index contributed by atoms with van der Waals surface area (Å²) in [6.45, 7) is 0. The molecule has 13 nitrogen and oxygen atoms in total. The molecule has 4 atom stereocenters. The number of carboxylic acids is 2. The molecular weight excluding hydrogens is 478 g/mol. The lowest BCUT2D eigenvalue weighted by molar-refractivity contribution is -0.143. The summed E-state index contributed by atoms with van der Waals surface area (Å²) in [4.78, 5) is 70.5. The van der Waals surface area contributed by atoms with Crippen molar-refractivity contribution in [3.63, 3.8) is 0 Å². The molecule has 15 heteroatoms. The number of nitrogens with one attached hydrogen (secondary N) is 3. The summed E-state index contributed by atoms with van der Waals surface area (Å²) in [5, 5.41) is 25.2. The number of carbonyl (C=O) groups is 6. The molecule has 4 amide bonds. The third-order valence-corrected chi connectivity index (χ3v) is 5.37. The Bertz CT molecular complexity index is 724. The largest absolute Gasteiger partial charge is 0.481 e. The van der Waals surface area contributed by atoms with Crippen LogP contribution in [-0.2, 0) is 28.8 Å². The number of amides is 4. The van der Waals surface area contributed by atoms with Crippen LogP contribution in [0, 0.1) is 0 Å². The minimum Gasteiger partial charge on any atom is -0.481 e. The van der Waals surface area contributed by atoms with Gasteiger partial charge in [0.25, 0.3) is 0 Å². The number of primary amides is 1. The van der Waals surface area contributed by atoms with Crippen LogP contribution in [0.1, 0.15) is 32.1 Å². The molecule has 9 N–H and O–H groups in total. The van der Waals surface area contributed by atoms with E-state index in [1.807, 2.05) is 0 Å². The van der Waals surface area contributed by atoms with E-state index in [-0.39, 0.29) is 31.4 Å². The zero-order chi connectivity index (χ0) is 25.6. The Morgan fingerprint density at radius 1 is 0.848 bits per heavy atom. The fourth-order valence-electron chi connectivity index (χ4n) is 2.48. The number of thioether (sulfide) groups is 1. The Labute approximate surface area is 200 Å². The Morgan fingerprint density at radius 2 is 1.39 bits per heavy atom. The second kappa shape index (κ2) is 16.1. The topological polar surface area (TPSA) is 231 Å². The van der Waals surface area contributed by atoms with Crippen molar-refractivity contribution in [3.8, 4) is 0 Å². The Hall–Kier alpha value is -2.52. The van der Waals surface area contributed by atoms with Gasteiger partial charge in [0.05, 0.1) is 6.04 Å². The first-order valence-electron chi connectivity index (χ1n) is 9.92. The van der Waals surface area contributed by atoms with E-state index in [1.165, 1.54) is 11.8 Å². The van der Waals surface area contributed by atoms with E-state index in [9.17, 15) is 33.9 Å². The second-order valence-corrected chi connectivity index (χ2v) is 8.38. The predicted octanol–water partition coefficient (Wildman–Crippen LogP) is -2.33. The quantitative estimate of drug-likeness (QED) is 0.0974. The van der Waals surface area contributed by atoms with Gasteiger partial charge in [-0.3, -0.25) is 24.0 Å². The third kappa shape index (κ3) is 12.9. The highest BCUT2D eigenvalue weighted by atomic mass is 32.2. The maximum Gasteiger partial charge on any atom is 0.326 e. The fourth-order valence-corrected chi connectivity index (χ4v) is 3.20. The van der Waals surface area contributed by atoms with Crippen molar-refractivity contribution >= 4 is 60.0 Å². The van der Waals surface area contributed by atoms with Crippen molar-refractivity contribution in [1.29, 1.82) is 0 Å². The molecule has 0 saturated heterocycles. The van der Waals surface area contributed by atoms with Gasteiger partial charge in [0, 0.05) is 18.6 Å². The summed E-state index contributed by atoms with van der Waals surface area (Å²) in [5.41, 5.74) is 10.7. The van der Waals surface area contributed by atoms with Crippen LogP contribution in [0.3, 0.4) is 0 Å². The third-order valence-electron chi connectivity index (χ3n) is 4.36. The van der Waals surface area contributed by atoms with Gasteiger partial charge in [0.1, 0.15) is 18.1 Å². The highest BCUT2D eigenvalue weighted by Crippen LogP contribution is 2.05. The lowest BCUT2D eigenvalue weighted by Gasteiger charge is -2.24. The smallest absolute Gasteiger partial charge is 0.326 e. The number of rotatable bonds is 17. The number of nitrogens with two attached hydrogens (primary N) is 2. The molecule has 0 spiro atoms. The Kier molecular flexibility index (Phi) is 14.9. The average molecular weight is 510 g/mol. The molecule has 33 heavy (non-hydrogen) atoms. The fraction of sp³-hybridized carbons (Fsp3) is 0.667. The Balaban J connectivity index is 5.26. The molecule has 0 heterocycles. The normalized spacial score (nSPS) is 14.3. The van der Waals surface area contributed by atoms with Crippen LogP contribution in [0.5, 0.6) is 0 Å². The standard InChI is InChI=1S/C18H31N5O8S2/c1-33-7-6-11(18(30)31)22-16(28)10(3-5-14(25)26)21-17(29)12(8-32)23-15(27)9(19)2-4-13(20)24/h9-12,32H,2-8,19H2,1H3,(H2,20,24)(H,21,29)(H,22,28)(H,23,27)(H,25,26)(H,30,31). The molecule has 0 bridgehead atoms. The molecule has 0 fully saturated rings. The Morgan fingerprint density at radius 3 is 1.88 bits per heavy atom. The first-order chi connectivity index (χ1) is 15.4. The summed E-state index contributed by atoms with van der Waals surface area (Å²) in [7, 11) is 0. The molecule has 0 aliphatic rings. The molecule has 0 aromatic carbocycles. The van der Waals surface area contributed by atoms with Crippen molar-refractivity contribution in [2.24, 2.45) is 11.5 Å². The van der Waals surface area contributed by atoms with Gasteiger partial charge >= 0.3 is 11.9 Å². The number of thiol groups is 1. The molecule has 0 aliphatic carbocycles. The average Bonchev–Trinajstić information content (AvgIpc) is 2.74. The molecule has 0 aliphatic heterocycles. The van der Waals surface area contributed by atoms with E-state index in [4.69, 9.17) is 16.6 Å². The van der Waals surface area contributed by atoms with Gasteiger partial charge in [0.2, 0.25) is 23.6 Å². The zero-order valence-corrected chi connectivity index (χ0v) is 19.8. The SMILES string of the molecule is CSCCC(NC(=O)C(CCC(=O)O)NC(=O)C(CS)NC(=O)C(N)CCC(N)=O)C(=O)O. The van der Waals surface area contributed by atoms with Crippen molar-refractivity contribution in [2.45, 2.75) is 56.3 Å². The van der Waals surface area contributed by atoms with E-state index in [1.54, 1.807) is 6.26 Å². The summed E-state index contributed by atoms with van der Waals surface area (Å²) in [6.07, 6.45) is 0.927. The first-order valence-corrected chi connectivity index (χ1v) is 11.9. The molecule has 0 aromatic heterocycles. The maximum absolute atomic E-state index is 12.6. The monoisotopic (exact) mass is 509 g/mol. The minimum absolute atomic E-state index is 0.0433. The number of aliphatic carboxylic acids is 2. The number of carboxylic acid groups (broad SMARTS) is 2. The van der Waals surface area contributed by atoms with Crippen LogP contribution in [0.15, 0.2) is 0 Å². The van der Waals surface area contributed by atoms with Gasteiger partial charge in [-0.2, -0.15) is 24.4 Å². The van der Waals surface area contributed by atoms with Crippen LogP contribution in [0.4, 0.5) is 0 Å². The van der Waals surface area contributed by atoms with Gasteiger partial charge in [-0.25, -0.2) is 4.79 Å². The van der Waals surface area contributed by atoms with Gasteiger partial charge in [-0.1, -0.05) is 0 Å². The number of carbonyl (C=O) groups excluding carboxylic acids is 4. The van der Waals surface area contributed by atoms with Gasteiger partial charge in [-0.15, -0.1) is 0 Å². The zero-order valence-electron chi connectivity index (χ0n) is 18.1. The molecule has 0 rings (SSSR count). The van der Waals surface area contributed by atoms with Crippen LogP contribution >= 0.6 is 24.4 Å². The van der Waals surface area contributed by atoms with E-state index in [2.05, 4.69) is 28.6 Å². The van der Waals surface area contributed by atoms with Crippen molar-refractivity contribution < 1.29 is 39.0 Å². The first kappa shape index (κ1) is 30.5. The lowest BCUT2D eigenvalue weighted by Crippen LogP contribution is -2.57. The van der Waals surface area contributed by atoms with E-state index < -0.39 is 66.2 Å². The van der Waals surface area contributed by atoms with Gasteiger partial charge < -0.3 is 37.6 Å². The van der Waals surface area contributed by atoms with Crippen LogP contribution in [0.2, 0.25) is 0 Å². The minimum atomic E-state index is -1.37. The van der Waals surface area contributed by atoms with Crippen molar-refractivity contribution in [2.75, 3.05) is 17.8 Å². The summed E-state index contributed by atoms with van der Waals surface area (Å²) in [5.74, 6) is -5.34. The maximum atomic E-state index is 12.6. The summed E-state index contributed by atoms with van der Waals surface area (Å²) in [6, 6.07) is -4.94. The summed E-state index contributed by atoms with van der Waals surface area (Å²) >= 11 is 5.38. The van der Waals surface area contributed by atoms with E-state index in [0.29, 0.717) is 5.75 Å². The van der Waals surface area contributed by atoms with Crippen LogP contribution < -0.4 is 27.4 Å². The lowest BCUT2D eigenvalue weighted by atomic mass is 10.1. The molecular formula is C18H31N5O8S2. The molecule has 4 unspecified atom stereocenters. The molecule has 188 valence electrons. The molecule has 0 radical (unpaired) electrons. The number of hydrogen-bond donors (Lipinski definition) is 8. The van der Waals surface area contributed by atoms with Gasteiger partial charge in [-0.05, 0) is 31.3 Å². The van der Waals surface area contributed by atoms with E-state index >= 15 is 0 Å². The van der Waals surface area contributed by atoms with Gasteiger partial charge in [0.15, 0.2) is 0 Å². The highest BCUT2D eigenvalue weighted by Gasteiger charge is 2.30. The van der Waals surface area contributed by atoms with Crippen molar-refractivity contribution in [3.05, 3.63) is 0 Å². The molecule has 0 saturated carbocycles. The number of hydrogen-bond acceptors (Lipinski definition) is 9.